The number of hydrogen-bond acceptors (Lipinski definition) is 3. The Kier molecular flexibility index (Phi) is 5.55. The number of likely N-dealkylation sites (tertiary alicyclic amines) is 2. The molecule has 0 radical (unpaired) electrons. The number of para-hydroxylation sites is 1. The van der Waals surface area contributed by atoms with Crippen molar-refractivity contribution in [2.24, 2.45) is 5.92 Å². The minimum absolute atomic E-state index is 0.0380. The molecule has 0 aliphatic carbocycles. The number of carbonyl (C=O) groups excluding carboxylic acids is 1. The van der Waals surface area contributed by atoms with Gasteiger partial charge in [0.05, 0.1) is 6.61 Å². The summed E-state index contributed by atoms with van der Waals surface area (Å²) in [6.45, 7) is 6.90. The van der Waals surface area contributed by atoms with Crippen LogP contribution in [0.25, 0.3) is 0 Å². The fourth-order valence-electron chi connectivity index (χ4n) is 3.65. The topological polar surface area (TPSA) is 32.8 Å². The second-order valence-electron chi connectivity index (χ2n) is 6.82. The molecule has 126 valence electrons. The average molecular weight is 316 g/mol. The quantitative estimate of drug-likeness (QED) is 0.809. The van der Waals surface area contributed by atoms with Crippen LogP contribution in [-0.2, 0) is 4.79 Å². The second kappa shape index (κ2) is 7.82. The molecule has 1 amide bonds. The molecule has 0 bridgehead atoms. The van der Waals surface area contributed by atoms with Crippen LogP contribution < -0.4 is 4.74 Å². The summed E-state index contributed by atoms with van der Waals surface area (Å²) < 4.78 is 5.71. The Balaban J connectivity index is 1.41. The predicted molar refractivity (Wildman–Crippen MR) is 91.5 cm³/mol. The summed E-state index contributed by atoms with van der Waals surface area (Å²) in [5, 5.41) is 0. The molecule has 0 saturated carbocycles. The van der Waals surface area contributed by atoms with Crippen LogP contribution in [0.1, 0.15) is 32.6 Å². The molecule has 3 rings (SSSR count). The lowest BCUT2D eigenvalue weighted by molar-refractivity contribution is -0.134. The molecule has 2 aliphatic heterocycles. The van der Waals surface area contributed by atoms with Gasteiger partial charge >= 0.3 is 0 Å². The maximum Gasteiger partial charge on any atom is 0.225 e. The minimum Gasteiger partial charge on any atom is -0.494 e. The standard InChI is InChI=1S/C19H28N2O2/c1-16(10-14-23-18-7-3-2-4-8-18)19(22)21-13-9-17(15-21)20-11-5-6-12-20/h2-4,7-8,16-17H,5-6,9-15H2,1H3/t16-,17-/m0/s1. The zero-order valence-corrected chi connectivity index (χ0v) is 14.1. The van der Waals surface area contributed by atoms with Gasteiger partial charge in [0.15, 0.2) is 0 Å². The van der Waals surface area contributed by atoms with Crippen molar-refractivity contribution < 1.29 is 9.53 Å². The van der Waals surface area contributed by atoms with Crippen LogP contribution in [-0.4, -0.2) is 54.5 Å². The Morgan fingerprint density at radius 2 is 1.96 bits per heavy atom. The molecule has 2 aliphatic rings. The number of ether oxygens (including phenoxy) is 1. The van der Waals surface area contributed by atoms with Crippen LogP contribution in [0.2, 0.25) is 0 Å². The van der Waals surface area contributed by atoms with Gasteiger partial charge in [-0.25, -0.2) is 0 Å². The van der Waals surface area contributed by atoms with Gasteiger partial charge in [0.25, 0.3) is 0 Å². The number of benzene rings is 1. The van der Waals surface area contributed by atoms with Crippen LogP contribution >= 0.6 is 0 Å². The van der Waals surface area contributed by atoms with Crippen molar-refractivity contribution in [1.82, 2.24) is 9.80 Å². The molecule has 2 fully saturated rings. The highest BCUT2D eigenvalue weighted by atomic mass is 16.5. The van der Waals surface area contributed by atoms with E-state index in [4.69, 9.17) is 4.74 Å². The van der Waals surface area contributed by atoms with Crippen molar-refractivity contribution in [2.45, 2.75) is 38.6 Å². The zero-order chi connectivity index (χ0) is 16.1. The van der Waals surface area contributed by atoms with E-state index in [0.29, 0.717) is 18.6 Å². The van der Waals surface area contributed by atoms with Gasteiger partial charge in [-0.1, -0.05) is 25.1 Å². The molecule has 0 spiro atoms. The molecule has 4 nitrogen and oxygen atoms in total. The van der Waals surface area contributed by atoms with Gasteiger partial charge in [-0.05, 0) is 50.9 Å². The largest absolute Gasteiger partial charge is 0.494 e. The highest BCUT2D eigenvalue weighted by Gasteiger charge is 2.32. The number of nitrogens with zero attached hydrogens (tertiary/aromatic N) is 2. The van der Waals surface area contributed by atoms with E-state index in [0.717, 1.165) is 31.7 Å². The normalized spacial score (nSPS) is 23.2. The molecule has 2 saturated heterocycles. The summed E-state index contributed by atoms with van der Waals surface area (Å²) in [5.41, 5.74) is 0. The van der Waals surface area contributed by atoms with Crippen molar-refractivity contribution in [1.29, 1.82) is 0 Å². The molecule has 0 aromatic heterocycles. The minimum atomic E-state index is 0.0380. The predicted octanol–water partition coefficient (Wildman–Crippen LogP) is 2.79. The van der Waals surface area contributed by atoms with Crippen LogP contribution in [0.4, 0.5) is 0 Å². The van der Waals surface area contributed by atoms with Crippen LogP contribution in [0.15, 0.2) is 30.3 Å². The summed E-state index contributed by atoms with van der Waals surface area (Å²) >= 11 is 0. The first-order chi connectivity index (χ1) is 11.2. The van der Waals surface area contributed by atoms with Crippen LogP contribution in [0.3, 0.4) is 0 Å². The first-order valence-corrected chi connectivity index (χ1v) is 8.95. The van der Waals surface area contributed by atoms with Gasteiger partial charge in [-0.3, -0.25) is 9.69 Å². The van der Waals surface area contributed by atoms with Gasteiger partial charge in [-0.15, -0.1) is 0 Å². The number of rotatable bonds is 6. The van der Waals surface area contributed by atoms with Gasteiger partial charge in [-0.2, -0.15) is 0 Å². The molecule has 0 unspecified atom stereocenters. The van der Waals surface area contributed by atoms with Crippen LogP contribution in [0.5, 0.6) is 5.75 Å². The highest BCUT2D eigenvalue weighted by Crippen LogP contribution is 2.22. The van der Waals surface area contributed by atoms with E-state index in [1.54, 1.807) is 0 Å². The molecule has 2 heterocycles. The first-order valence-electron chi connectivity index (χ1n) is 8.95. The summed E-state index contributed by atoms with van der Waals surface area (Å²) in [7, 11) is 0. The van der Waals surface area contributed by atoms with Gasteiger partial charge in [0.1, 0.15) is 5.75 Å². The maximum atomic E-state index is 12.6. The fraction of sp³-hybridized carbons (Fsp3) is 0.632. The monoisotopic (exact) mass is 316 g/mol. The van der Waals surface area contributed by atoms with E-state index in [2.05, 4.69) is 9.80 Å². The zero-order valence-electron chi connectivity index (χ0n) is 14.1. The smallest absolute Gasteiger partial charge is 0.225 e. The lowest BCUT2D eigenvalue weighted by atomic mass is 10.1. The summed E-state index contributed by atoms with van der Waals surface area (Å²) in [6.07, 6.45) is 4.55. The van der Waals surface area contributed by atoms with Gasteiger partial charge in [0.2, 0.25) is 5.91 Å². The Morgan fingerprint density at radius 1 is 1.22 bits per heavy atom. The Hall–Kier alpha value is -1.55. The van der Waals surface area contributed by atoms with E-state index in [-0.39, 0.29) is 5.92 Å². The number of hydrogen-bond donors (Lipinski definition) is 0. The molecule has 1 aromatic rings. The van der Waals surface area contributed by atoms with Crippen molar-refractivity contribution in [2.75, 3.05) is 32.8 Å². The highest BCUT2D eigenvalue weighted by molar-refractivity contribution is 5.78. The molecule has 1 aromatic carbocycles. The van der Waals surface area contributed by atoms with E-state index in [9.17, 15) is 4.79 Å². The molecule has 23 heavy (non-hydrogen) atoms. The van der Waals surface area contributed by atoms with E-state index in [1.807, 2.05) is 37.3 Å². The fourth-order valence-corrected chi connectivity index (χ4v) is 3.65. The molecule has 2 atom stereocenters. The summed E-state index contributed by atoms with van der Waals surface area (Å²) in [6, 6.07) is 10.4. The van der Waals surface area contributed by atoms with Crippen molar-refractivity contribution in [3.63, 3.8) is 0 Å². The Bertz CT molecular complexity index is 499. The van der Waals surface area contributed by atoms with Crippen molar-refractivity contribution in [3.05, 3.63) is 30.3 Å². The number of carbonyl (C=O) groups is 1. The van der Waals surface area contributed by atoms with E-state index >= 15 is 0 Å². The van der Waals surface area contributed by atoms with E-state index in [1.165, 1.54) is 25.9 Å². The van der Waals surface area contributed by atoms with Gasteiger partial charge in [0, 0.05) is 25.0 Å². The van der Waals surface area contributed by atoms with Crippen LogP contribution in [0, 0.1) is 5.92 Å². The third kappa shape index (κ3) is 4.25. The lowest BCUT2D eigenvalue weighted by Crippen LogP contribution is -2.39. The molecular formula is C19H28N2O2. The van der Waals surface area contributed by atoms with Gasteiger partial charge < -0.3 is 9.64 Å². The van der Waals surface area contributed by atoms with E-state index < -0.39 is 0 Å². The first kappa shape index (κ1) is 16.3. The Morgan fingerprint density at radius 3 is 2.70 bits per heavy atom. The summed E-state index contributed by atoms with van der Waals surface area (Å²) in [5.74, 6) is 1.21. The molecular weight excluding hydrogens is 288 g/mol. The third-order valence-corrected chi connectivity index (χ3v) is 5.12. The molecule has 0 N–H and O–H groups in total. The average Bonchev–Trinajstić information content (AvgIpc) is 3.26. The molecule has 4 heteroatoms. The lowest BCUT2D eigenvalue weighted by Gasteiger charge is -2.25. The maximum absolute atomic E-state index is 12.6. The van der Waals surface area contributed by atoms with Crippen molar-refractivity contribution in [3.8, 4) is 5.75 Å². The third-order valence-electron chi connectivity index (χ3n) is 5.12. The second-order valence-corrected chi connectivity index (χ2v) is 6.82. The van der Waals surface area contributed by atoms with Crippen molar-refractivity contribution >= 4 is 5.91 Å². The number of amides is 1. The SMILES string of the molecule is C[C@@H](CCOc1ccccc1)C(=O)N1CC[C@H](N2CCCC2)C1. The summed E-state index contributed by atoms with van der Waals surface area (Å²) in [4.78, 5) is 17.2. The Labute approximate surface area is 139 Å².